The van der Waals surface area contributed by atoms with E-state index in [0.29, 0.717) is 25.7 Å². The Bertz CT molecular complexity index is 933. The second-order valence-corrected chi connectivity index (χ2v) is 9.96. The maximum atomic E-state index is 13.6. The average molecular weight is 435 g/mol. The Labute approximate surface area is 193 Å². The van der Waals surface area contributed by atoms with Crippen LogP contribution in [0.4, 0.5) is 0 Å². The van der Waals surface area contributed by atoms with E-state index in [4.69, 9.17) is 4.74 Å². The molecule has 2 aromatic rings. The van der Waals surface area contributed by atoms with Crippen LogP contribution >= 0.6 is 0 Å². The fourth-order valence-electron chi connectivity index (χ4n) is 5.40. The van der Waals surface area contributed by atoms with Gasteiger partial charge in [0, 0.05) is 26.3 Å². The molecule has 2 aliphatic rings. The van der Waals surface area contributed by atoms with Crippen molar-refractivity contribution in [3.63, 3.8) is 0 Å². The molecule has 4 heteroatoms. The third-order valence-electron chi connectivity index (χ3n) is 7.68. The summed E-state index contributed by atoms with van der Waals surface area (Å²) in [5, 5.41) is 3.28. The summed E-state index contributed by atoms with van der Waals surface area (Å²) in [5.41, 5.74) is 6.04. The molecule has 0 spiro atoms. The average Bonchev–Trinajstić information content (AvgIpc) is 2.80. The summed E-state index contributed by atoms with van der Waals surface area (Å²) in [6, 6.07) is 15.3. The van der Waals surface area contributed by atoms with Crippen LogP contribution in [0.3, 0.4) is 0 Å². The molecule has 4 nitrogen and oxygen atoms in total. The third-order valence-corrected chi connectivity index (χ3v) is 7.68. The van der Waals surface area contributed by atoms with E-state index in [1.54, 1.807) is 0 Å². The van der Waals surface area contributed by atoms with Gasteiger partial charge < -0.3 is 15.0 Å². The zero-order valence-electron chi connectivity index (χ0n) is 20.0. The van der Waals surface area contributed by atoms with Crippen molar-refractivity contribution in [1.29, 1.82) is 0 Å². The molecule has 1 amide bonds. The van der Waals surface area contributed by atoms with Crippen molar-refractivity contribution in [3.8, 4) is 0 Å². The standard InChI is InChI=1S/C28H38N2O2/c1-21-7-4-10-25(22(21)2)19-29-27(31)28(12-15-32-16-13-28)18-23-8-5-9-24(17-23)26-11-6-14-30(3)20-26/h4-5,7-10,17,26H,6,11-16,18-20H2,1-3H3,(H,29,31). The van der Waals surface area contributed by atoms with Crippen LogP contribution in [0.1, 0.15) is 59.4 Å². The number of carbonyl (C=O) groups excluding carboxylic acids is 1. The number of benzene rings is 2. The van der Waals surface area contributed by atoms with Gasteiger partial charge in [-0.1, -0.05) is 42.5 Å². The molecule has 0 bridgehead atoms. The Kier molecular flexibility index (Phi) is 7.32. The lowest BCUT2D eigenvalue weighted by atomic mass is 9.74. The number of likely N-dealkylation sites (N-methyl/N-ethyl adjacent to an activating group) is 1. The predicted octanol–water partition coefficient (Wildman–Crippen LogP) is 4.77. The summed E-state index contributed by atoms with van der Waals surface area (Å²) in [6.45, 7) is 8.48. The number of nitrogens with one attached hydrogen (secondary N) is 1. The van der Waals surface area contributed by atoms with E-state index in [9.17, 15) is 4.79 Å². The summed E-state index contributed by atoms with van der Waals surface area (Å²) in [6.07, 6.45) is 4.85. The van der Waals surface area contributed by atoms with Gasteiger partial charge in [0.25, 0.3) is 0 Å². The Morgan fingerprint density at radius 2 is 1.94 bits per heavy atom. The number of piperidine rings is 1. The molecule has 1 unspecified atom stereocenters. The van der Waals surface area contributed by atoms with Crippen LogP contribution in [-0.2, 0) is 22.5 Å². The normalized spacial score (nSPS) is 21.3. The van der Waals surface area contributed by atoms with E-state index in [1.165, 1.54) is 47.2 Å². The zero-order chi connectivity index (χ0) is 22.6. The molecule has 32 heavy (non-hydrogen) atoms. The highest BCUT2D eigenvalue weighted by atomic mass is 16.5. The monoisotopic (exact) mass is 434 g/mol. The lowest BCUT2D eigenvalue weighted by Gasteiger charge is -2.36. The van der Waals surface area contributed by atoms with Gasteiger partial charge in [0.15, 0.2) is 0 Å². The second kappa shape index (κ2) is 10.2. The molecule has 2 aliphatic heterocycles. The first kappa shape index (κ1) is 23.0. The van der Waals surface area contributed by atoms with Crippen LogP contribution in [0, 0.1) is 19.3 Å². The summed E-state index contributed by atoms with van der Waals surface area (Å²) < 4.78 is 5.66. The lowest BCUT2D eigenvalue weighted by molar-refractivity contribution is -0.136. The van der Waals surface area contributed by atoms with E-state index in [2.05, 4.69) is 73.6 Å². The first-order chi connectivity index (χ1) is 15.5. The van der Waals surface area contributed by atoms with Crippen LogP contribution in [0.25, 0.3) is 0 Å². The lowest BCUT2D eigenvalue weighted by Crippen LogP contribution is -2.46. The first-order valence-corrected chi connectivity index (χ1v) is 12.2. The van der Waals surface area contributed by atoms with Crippen LogP contribution in [-0.4, -0.2) is 44.2 Å². The molecule has 0 aliphatic carbocycles. The fourth-order valence-corrected chi connectivity index (χ4v) is 5.40. The van der Waals surface area contributed by atoms with Gasteiger partial charge in [0.2, 0.25) is 5.91 Å². The van der Waals surface area contributed by atoms with Crippen molar-refractivity contribution in [2.45, 2.75) is 58.4 Å². The highest BCUT2D eigenvalue weighted by molar-refractivity contribution is 5.83. The topological polar surface area (TPSA) is 41.6 Å². The van der Waals surface area contributed by atoms with Gasteiger partial charge in [-0.05, 0) is 93.3 Å². The van der Waals surface area contributed by atoms with E-state index < -0.39 is 5.41 Å². The Balaban J connectivity index is 1.50. The molecular weight excluding hydrogens is 396 g/mol. The van der Waals surface area contributed by atoms with E-state index in [-0.39, 0.29) is 5.91 Å². The van der Waals surface area contributed by atoms with Crippen molar-refractivity contribution in [2.24, 2.45) is 5.41 Å². The number of aryl methyl sites for hydroxylation is 1. The molecule has 1 atom stereocenters. The maximum absolute atomic E-state index is 13.6. The van der Waals surface area contributed by atoms with Gasteiger partial charge in [0.05, 0.1) is 5.41 Å². The van der Waals surface area contributed by atoms with Crippen LogP contribution < -0.4 is 5.32 Å². The molecule has 172 valence electrons. The van der Waals surface area contributed by atoms with Crippen molar-refractivity contribution in [3.05, 3.63) is 70.3 Å². The number of nitrogens with zero attached hydrogens (tertiary/aromatic N) is 1. The number of hydrogen-bond acceptors (Lipinski definition) is 3. The fraction of sp³-hybridized carbons (Fsp3) is 0.536. The van der Waals surface area contributed by atoms with Crippen molar-refractivity contribution < 1.29 is 9.53 Å². The Hall–Kier alpha value is -2.17. The molecule has 2 aromatic carbocycles. The number of rotatable bonds is 6. The Morgan fingerprint density at radius 3 is 2.72 bits per heavy atom. The highest BCUT2D eigenvalue weighted by Gasteiger charge is 2.40. The molecule has 2 fully saturated rings. The third kappa shape index (κ3) is 5.24. The van der Waals surface area contributed by atoms with Gasteiger partial charge in [-0.2, -0.15) is 0 Å². The molecule has 0 saturated carbocycles. The SMILES string of the molecule is Cc1cccc(CNC(=O)C2(Cc3cccc(C4CCCN(C)C4)c3)CCOCC2)c1C. The first-order valence-electron chi connectivity index (χ1n) is 12.2. The number of hydrogen-bond donors (Lipinski definition) is 1. The predicted molar refractivity (Wildman–Crippen MR) is 130 cm³/mol. The highest BCUT2D eigenvalue weighted by Crippen LogP contribution is 2.36. The molecule has 2 saturated heterocycles. The van der Waals surface area contributed by atoms with E-state index >= 15 is 0 Å². The van der Waals surface area contributed by atoms with Crippen molar-refractivity contribution in [1.82, 2.24) is 10.2 Å². The van der Waals surface area contributed by atoms with Gasteiger partial charge in [-0.15, -0.1) is 0 Å². The smallest absolute Gasteiger partial charge is 0.226 e. The van der Waals surface area contributed by atoms with Gasteiger partial charge >= 0.3 is 0 Å². The van der Waals surface area contributed by atoms with Crippen molar-refractivity contribution in [2.75, 3.05) is 33.4 Å². The molecule has 4 rings (SSSR count). The second-order valence-electron chi connectivity index (χ2n) is 9.96. The van der Waals surface area contributed by atoms with Crippen LogP contribution in [0.5, 0.6) is 0 Å². The van der Waals surface area contributed by atoms with Crippen molar-refractivity contribution >= 4 is 5.91 Å². The number of ether oxygens (including phenoxy) is 1. The molecule has 2 heterocycles. The van der Waals surface area contributed by atoms with Gasteiger partial charge in [-0.25, -0.2) is 0 Å². The summed E-state index contributed by atoms with van der Waals surface area (Å²) in [5.74, 6) is 0.766. The largest absolute Gasteiger partial charge is 0.381 e. The molecule has 0 aromatic heterocycles. The number of likely N-dealkylation sites (tertiary alicyclic amines) is 1. The minimum atomic E-state index is -0.391. The number of amides is 1. The van der Waals surface area contributed by atoms with Crippen LogP contribution in [0.15, 0.2) is 42.5 Å². The van der Waals surface area contributed by atoms with E-state index in [0.717, 1.165) is 25.8 Å². The van der Waals surface area contributed by atoms with Crippen LogP contribution in [0.2, 0.25) is 0 Å². The summed E-state index contributed by atoms with van der Waals surface area (Å²) in [4.78, 5) is 16.0. The number of carbonyl (C=O) groups is 1. The quantitative estimate of drug-likeness (QED) is 0.712. The van der Waals surface area contributed by atoms with E-state index in [1.807, 2.05) is 0 Å². The molecule has 0 radical (unpaired) electrons. The molecular formula is C28H38N2O2. The minimum absolute atomic E-state index is 0.171. The molecule has 1 N–H and O–H groups in total. The summed E-state index contributed by atoms with van der Waals surface area (Å²) >= 11 is 0. The van der Waals surface area contributed by atoms with Gasteiger partial charge in [-0.3, -0.25) is 4.79 Å². The maximum Gasteiger partial charge on any atom is 0.226 e. The van der Waals surface area contributed by atoms with Gasteiger partial charge in [0.1, 0.15) is 0 Å². The summed E-state index contributed by atoms with van der Waals surface area (Å²) in [7, 11) is 2.22. The minimum Gasteiger partial charge on any atom is -0.381 e. The Morgan fingerprint density at radius 1 is 1.16 bits per heavy atom. The zero-order valence-corrected chi connectivity index (χ0v) is 20.0.